The van der Waals surface area contributed by atoms with Gasteiger partial charge in [-0.15, -0.1) is 0 Å². The molecule has 9 heteroatoms. The van der Waals surface area contributed by atoms with Crippen molar-refractivity contribution in [1.82, 2.24) is 24.9 Å². The molecule has 0 spiro atoms. The van der Waals surface area contributed by atoms with E-state index in [1.54, 1.807) is 6.07 Å². The Morgan fingerprint density at radius 3 is 2.56 bits per heavy atom. The van der Waals surface area contributed by atoms with Gasteiger partial charge in [-0.3, -0.25) is 24.0 Å². The predicted molar refractivity (Wildman–Crippen MR) is 134 cm³/mol. The number of hydrogen-bond acceptors (Lipinski definition) is 5. The molecule has 3 heterocycles. The number of hydrogen-bond donors (Lipinski definition) is 2. The normalized spacial score (nSPS) is 15.3. The summed E-state index contributed by atoms with van der Waals surface area (Å²) in [6, 6.07) is 11.7. The molecule has 0 bridgehead atoms. The van der Waals surface area contributed by atoms with E-state index in [0.29, 0.717) is 5.56 Å². The molecule has 0 saturated carbocycles. The van der Waals surface area contributed by atoms with E-state index >= 15 is 0 Å². The Bertz CT molecular complexity index is 1450. The zero-order chi connectivity index (χ0) is 25.7. The van der Waals surface area contributed by atoms with Crippen LogP contribution in [0.3, 0.4) is 0 Å². The number of carbonyl (C=O) groups excluding carboxylic acids is 3. The van der Waals surface area contributed by atoms with E-state index in [-0.39, 0.29) is 43.0 Å². The van der Waals surface area contributed by atoms with Crippen molar-refractivity contribution in [2.45, 2.75) is 32.5 Å². The summed E-state index contributed by atoms with van der Waals surface area (Å²) in [6.07, 6.45) is 1.44. The highest BCUT2D eigenvalue weighted by Crippen LogP contribution is 2.35. The van der Waals surface area contributed by atoms with Gasteiger partial charge >= 0.3 is 0 Å². The molecular formula is C27H27N5O4. The molecule has 0 atom stereocenters. The third kappa shape index (κ3) is 3.97. The van der Waals surface area contributed by atoms with Crippen molar-refractivity contribution in [2.24, 2.45) is 0 Å². The molecule has 36 heavy (non-hydrogen) atoms. The first-order chi connectivity index (χ1) is 17.1. The molecule has 3 aromatic rings. The van der Waals surface area contributed by atoms with Crippen LogP contribution in [-0.2, 0) is 16.1 Å². The second kappa shape index (κ2) is 8.76. The summed E-state index contributed by atoms with van der Waals surface area (Å²) in [7, 11) is 0. The maximum atomic E-state index is 13.2. The molecule has 2 aliphatic rings. The minimum atomic E-state index is -0.681. The highest BCUT2D eigenvalue weighted by atomic mass is 16.3. The van der Waals surface area contributed by atoms with Crippen LogP contribution in [0.2, 0.25) is 0 Å². The summed E-state index contributed by atoms with van der Waals surface area (Å²) in [5.74, 6) is -1.49. The lowest BCUT2D eigenvalue weighted by Gasteiger charge is -2.36. The Labute approximate surface area is 208 Å². The van der Waals surface area contributed by atoms with E-state index < -0.39 is 17.9 Å². The van der Waals surface area contributed by atoms with Crippen LogP contribution < -0.4 is 5.32 Å². The van der Waals surface area contributed by atoms with Crippen molar-refractivity contribution in [3.63, 3.8) is 0 Å². The number of nitrogens with one attached hydrogen (secondary N) is 1. The number of nitrogens with zero attached hydrogens (tertiary/aromatic N) is 4. The van der Waals surface area contributed by atoms with Crippen molar-refractivity contribution in [2.75, 3.05) is 13.1 Å². The van der Waals surface area contributed by atoms with Crippen molar-refractivity contribution < 1.29 is 19.5 Å². The van der Waals surface area contributed by atoms with Gasteiger partial charge in [0, 0.05) is 36.3 Å². The highest BCUT2D eigenvalue weighted by molar-refractivity contribution is 6.08. The maximum Gasteiger partial charge on any atom is 0.271 e. The number of fused-ring (bicyclic) bond motifs is 2. The molecule has 1 fully saturated rings. The average Bonchev–Trinajstić information content (AvgIpc) is 3.42. The van der Waals surface area contributed by atoms with Gasteiger partial charge < -0.3 is 15.3 Å². The molecular weight excluding hydrogens is 458 g/mol. The van der Waals surface area contributed by atoms with E-state index in [0.717, 1.165) is 27.6 Å². The minimum Gasteiger partial charge on any atom is -0.389 e. The summed E-state index contributed by atoms with van der Waals surface area (Å²) in [5.41, 5.74) is 3.84. The Morgan fingerprint density at radius 2 is 1.86 bits per heavy atom. The Morgan fingerprint density at radius 1 is 1.14 bits per heavy atom. The molecule has 1 saturated heterocycles. The molecule has 0 radical (unpaired) electrons. The lowest BCUT2D eigenvalue weighted by molar-refractivity contribution is -0.138. The van der Waals surface area contributed by atoms with Gasteiger partial charge in [-0.05, 0) is 48.7 Å². The predicted octanol–water partition coefficient (Wildman–Crippen LogP) is 2.59. The fourth-order valence-electron chi connectivity index (χ4n) is 4.50. The van der Waals surface area contributed by atoms with E-state index in [2.05, 4.69) is 37.4 Å². The van der Waals surface area contributed by atoms with Gasteiger partial charge in [0.2, 0.25) is 0 Å². The molecule has 2 N–H and O–H groups in total. The van der Waals surface area contributed by atoms with E-state index in [4.69, 9.17) is 0 Å². The Kier molecular flexibility index (Phi) is 5.72. The minimum absolute atomic E-state index is 0.0755. The number of amides is 3. The van der Waals surface area contributed by atoms with Crippen LogP contribution in [0.5, 0.6) is 0 Å². The van der Waals surface area contributed by atoms with Gasteiger partial charge in [0.05, 0.1) is 23.9 Å². The molecule has 184 valence electrons. The summed E-state index contributed by atoms with van der Waals surface area (Å²) in [5, 5.41) is 17.4. The molecule has 0 unspecified atom stereocenters. The molecule has 3 amide bonds. The first kappa shape index (κ1) is 23.5. The Hall–Kier alpha value is -4.24. The number of likely N-dealkylation sites (tertiary alicyclic amines) is 1. The SMILES string of the molecule is C=C(NC(=O)C(=C)N1Cc2c(cccc2-c2ccc3nn(C(C)C)cc3c2)C1=O)C(=O)N1CC(O)C1. The van der Waals surface area contributed by atoms with Crippen LogP contribution >= 0.6 is 0 Å². The van der Waals surface area contributed by atoms with E-state index in [9.17, 15) is 19.5 Å². The molecule has 1 aromatic heterocycles. The van der Waals surface area contributed by atoms with E-state index in [1.165, 1.54) is 9.80 Å². The molecule has 0 aliphatic carbocycles. The van der Waals surface area contributed by atoms with Crippen LogP contribution in [0.15, 0.2) is 67.1 Å². The lowest BCUT2D eigenvalue weighted by Crippen LogP contribution is -2.55. The monoisotopic (exact) mass is 485 g/mol. The third-order valence-corrected chi connectivity index (χ3v) is 6.59. The smallest absolute Gasteiger partial charge is 0.271 e. The fraction of sp³-hybridized carbons (Fsp3) is 0.259. The van der Waals surface area contributed by atoms with Gasteiger partial charge in [0.15, 0.2) is 0 Å². The van der Waals surface area contributed by atoms with E-state index in [1.807, 2.05) is 41.2 Å². The number of aliphatic hydroxyl groups excluding tert-OH is 1. The van der Waals surface area contributed by atoms with Crippen molar-refractivity contribution in [3.8, 4) is 11.1 Å². The largest absolute Gasteiger partial charge is 0.389 e. The molecule has 2 aromatic carbocycles. The zero-order valence-corrected chi connectivity index (χ0v) is 20.2. The van der Waals surface area contributed by atoms with Crippen LogP contribution in [0.4, 0.5) is 0 Å². The second-order valence-corrected chi connectivity index (χ2v) is 9.44. The first-order valence-corrected chi connectivity index (χ1v) is 11.7. The number of β-amino-alcohol motifs (C(OH)–C–C–N with tert-alkyl or cyclic N) is 1. The van der Waals surface area contributed by atoms with Crippen LogP contribution in [0.25, 0.3) is 22.0 Å². The summed E-state index contributed by atoms with van der Waals surface area (Å²) in [4.78, 5) is 41.0. The Balaban J connectivity index is 1.35. The second-order valence-electron chi connectivity index (χ2n) is 9.44. The van der Waals surface area contributed by atoms with Crippen molar-refractivity contribution >= 4 is 28.6 Å². The molecule has 5 rings (SSSR count). The van der Waals surface area contributed by atoms with Crippen LogP contribution in [0.1, 0.15) is 35.8 Å². The van der Waals surface area contributed by atoms with Crippen LogP contribution in [-0.4, -0.2) is 61.6 Å². The average molecular weight is 486 g/mol. The van der Waals surface area contributed by atoms with Gasteiger partial charge in [-0.2, -0.15) is 5.10 Å². The topological polar surface area (TPSA) is 108 Å². The number of aromatic nitrogens is 2. The standard InChI is InChI=1S/C27H27N5O4/c1-15(2)32-11-19-10-18(8-9-24(19)29-32)21-6-5-7-22-23(21)14-31(27(22)36)17(4)25(34)28-16(3)26(35)30-12-20(33)13-30/h5-11,15,20,33H,3-4,12-14H2,1-2H3,(H,28,34). The third-order valence-electron chi connectivity index (χ3n) is 6.59. The van der Waals surface area contributed by atoms with Crippen molar-refractivity contribution in [1.29, 1.82) is 0 Å². The number of aliphatic hydroxyl groups is 1. The number of benzene rings is 2. The first-order valence-electron chi connectivity index (χ1n) is 11.7. The van der Waals surface area contributed by atoms with Gasteiger partial charge in [-0.1, -0.05) is 31.4 Å². The number of carbonyl (C=O) groups is 3. The summed E-state index contributed by atoms with van der Waals surface area (Å²) < 4.78 is 1.92. The lowest BCUT2D eigenvalue weighted by atomic mass is 9.96. The summed E-state index contributed by atoms with van der Waals surface area (Å²) >= 11 is 0. The molecule has 2 aliphatic heterocycles. The van der Waals surface area contributed by atoms with Crippen LogP contribution in [0, 0.1) is 0 Å². The number of rotatable bonds is 6. The van der Waals surface area contributed by atoms with Gasteiger partial charge in [0.25, 0.3) is 17.7 Å². The van der Waals surface area contributed by atoms with Gasteiger partial charge in [0.1, 0.15) is 5.70 Å². The highest BCUT2D eigenvalue weighted by Gasteiger charge is 2.35. The summed E-state index contributed by atoms with van der Waals surface area (Å²) in [6.45, 7) is 12.1. The van der Waals surface area contributed by atoms with Crippen molar-refractivity contribution in [3.05, 3.63) is 78.3 Å². The fourth-order valence-corrected chi connectivity index (χ4v) is 4.50. The quantitative estimate of drug-likeness (QED) is 0.522. The van der Waals surface area contributed by atoms with Gasteiger partial charge in [-0.25, -0.2) is 0 Å². The maximum absolute atomic E-state index is 13.2. The molecule has 9 nitrogen and oxygen atoms in total. The zero-order valence-electron chi connectivity index (χ0n) is 20.2.